The fraction of sp³-hybridized carbons (Fsp3) is 0.267. The van der Waals surface area contributed by atoms with E-state index < -0.39 is 0 Å². The zero-order valence-electron chi connectivity index (χ0n) is 11.0. The van der Waals surface area contributed by atoms with Crippen LogP contribution in [-0.2, 0) is 19.4 Å². The number of nitrogens with one attached hydrogen (secondary N) is 2. The standard InChI is InChI=1S/C15H18N4/c1-10-18-14(15(8-16)19-10)7-6-11-9-17-13-5-3-2-4-12(11)13/h2-5,9,17H,6-8,16H2,1H3,(H,18,19). The molecule has 0 radical (unpaired) electrons. The van der Waals surface area contributed by atoms with E-state index in [2.05, 4.69) is 39.3 Å². The maximum absolute atomic E-state index is 5.73. The first kappa shape index (κ1) is 12.0. The summed E-state index contributed by atoms with van der Waals surface area (Å²) in [5.41, 5.74) is 10.4. The van der Waals surface area contributed by atoms with Crippen LogP contribution >= 0.6 is 0 Å². The molecule has 0 saturated heterocycles. The number of nitrogens with zero attached hydrogens (tertiary/aromatic N) is 1. The minimum Gasteiger partial charge on any atom is -0.361 e. The highest BCUT2D eigenvalue weighted by atomic mass is 14.9. The lowest BCUT2D eigenvalue weighted by atomic mass is 10.1. The average Bonchev–Trinajstić information content (AvgIpc) is 2.99. The van der Waals surface area contributed by atoms with Gasteiger partial charge in [0.05, 0.1) is 11.4 Å². The van der Waals surface area contributed by atoms with Crippen molar-refractivity contribution < 1.29 is 0 Å². The first-order valence-electron chi connectivity index (χ1n) is 6.57. The Morgan fingerprint density at radius 1 is 1.21 bits per heavy atom. The van der Waals surface area contributed by atoms with Crippen molar-refractivity contribution in [2.24, 2.45) is 5.73 Å². The molecule has 3 aromatic rings. The van der Waals surface area contributed by atoms with Crippen LogP contribution in [0.15, 0.2) is 30.5 Å². The zero-order valence-corrected chi connectivity index (χ0v) is 11.0. The SMILES string of the molecule is Cc1nc(CCc2c[nH]c3ccccc23)c(CN)[nH]1. The summed E-state index contributed by atoms with van der Waals surface area (Å²) in [6.45, 7) is 2.48. The van der Waals surface area contributed by atoms with Crippen molar-refractivity contribution in [1.82, 2.24) is 15.0 Å². The van der Waals surface area contributed by atoms with Crippen molar-refractivity contribution in [3.05, 3.63) is 53.2 Å². The molecule has 19 heavy (non-hydrogen) atoms. The van der Waals surface area contributed by atoms with Gasteiger partial charge in [0.1, 0.15) is 5.82 Å². The molecule has 3 rings (SSSR count). The van der Waals surface area contributed by atoms with Gasteiger partial charge in [0, 0.05) is 23.6 Å². The second kappa shape index (κ2) is 4.90. The molecular weight excluding hydrogens is 236 g/mol. The van der Waals surface area contributed by atoms with Gasteiger partial charge in [0.15, 0.2) is 0 Å². The molecule has 0 aliphatic rings. The van der Waals surface area contributed by atoms with E-state index >= 15 is 0 Å². The normalized spacial score (nSPS) is 11.3. The van der Waals surface area contributed by atoms with Crippen LogP contribution in [-0.4, -0.2) is 15.0 Å². The van der Waals surface area contributed by atoms with Crippen LogP contribution in [0.25, 0.3) is 10.9 Å². The van der Waals surface area contributed by atoms with Crippen LogP contribution in [0.5, 0.6) is 0 Å². The minimum atomic E-state index is 0.518. The van der Waals surface area contributed by atoms with Gasteiger partial charge < -0.3 is 15.7 Å². The number of rotatable bonds is 4. The van der Waals surface area contributed by atoms with Crippen molar-refractivity contribution in [2.75, 3.05) is 0 Å². The van der Waals surface area contributed by atoms with Crippen LogP contribution in [0.1, 0.15) is 22.8 Å². The molecule has 0 unspecified atom stereocenters. The van der Waals surface area contributed by atoms with Crippen molar-refractivity contribution in [1.29, 1.82) is 0 Å². The number of aryl methyl sites for hydroxylation is 3. The Balaban J connectivity index is 1.82. The highest BCUT2D eigenvalue weighted by Crippen LogP contribution is 2.19. The van der Waals surface area contributed by atoms with Gasteiger partial charge in [-0.15, -0.1) is 0 Å². The summed E-state index contributed by atoms with van der Waals surface area (Å²) in [5, 5.41) is 1.30. The predicted octanol–water partition coefficient (Wildman–Crippen LogP) is 2.44. The quantitative estimate of drug-likeness (QED) is 0.669. The molecule has 0 aliphatic heterocycles. The number of nitrogens with two attached hydrogens (primary N) is 1. The molecule has 0 bridgehead atoms. The lowest BCUT2D eigenvalue weighted by molar-refractivity contribution is 0.888. The number of hydrogen-bond acceptors (Lipinski definition) is 2. The number of para-hydroxylation sites is 1. The van der Waals surface area contributed by atoms with Gasteiger partial charge in [-0.1, -0.05) is 18.2 Å². The molecule has 0 fully saturated rings. The van der Waals surface area contributed by atoms with Crippen LogP contribution < -0.4 is 5.73 Å². The Labute approximate surface area is 112 Å². The molecular formula is C15H18N4. The average molecular weight is 254 g/mol. The Morgan fingerprint density at radius 2 is 2.05 bits per heavy atom. The zero-order chi connectivity index (χ0) is 13.2. The second-order valence-electron chi connectivity index (χ2n) is 4.81. The summed E-state index contributed by atoms with van der Waals surface area (Å²) in [5.74, 6) is 0.939. The molecule has 1 aromatic carbocycles. The number of H-pyrrole nitrogens is 2. The Bertz CT molecular complexity index is 693. The van der Waals surface area contributed by atoms with Crippen molar-refractivity contribution >= 4 is 10.9 Å². The second-order valence-corrected chi connectivity index (χ2v) is 4.81. The molecule has 0 atom stereocenters. The van der Waals surface area contributed by atoms with E-state index in [4.69, 9.17) is 5.73 Å². The number of hydrogen-bond donors (Lipinski definition) is 3. The molecule has 2 aromatic heterocycles. The number of imidazole rings is 1. The third-order valence-electron chi connectivity index (χ3n) is 3.49. The maximum atomic E-state index is 5.73. The third-order valence-corrected chi connectivity index (χ3v) is 3.49. The van der Waals surface area contributed by atoms with E-state index in [1.165, 1.54) is 16.5 Å². The fourth-order valence-electron chi connectivity index (χ4n) is 2.56. The highest BCUT2D eigenvalue weighted by molar-refractivity contribution is 5.83. The van der Waals surface area contributed by atoms with Gasteiger partial charge in [0.25, 0.3) is 0 Å². The number of aromatic amines is 2. The molecule has 4 heteroatoms. The summed E-state index contributed by atoms with van der Waals surface area (Å²) in [4.78, 5) is 11.0. The van der Waals surface area contributed by atoms with Gasteiger partial charge in [-0.3, -0.25) is 0 Å². The molecule has 98 valence electrons. The first-order valence-corrected chi connectivity index (χ1v) is 6.57. The largest absolute Gasteiger partial charge is 0.361 e. The highest BCUT2D eigenvalue weighted by Gasteiger charge is 2.08. The monoisotopic (exact) mass is 254 g/mol. The molecule has 0 aliphatic carbocycles. The van der Waals surface area contributed by atoms with E-state index in [0.29, 0.717) is 6.54 Å². The molecule has 0 saturated carbocycles. The molecule has 0 amide bonds. The Morgan fingerprint density at radius 3 is 2.89 bits per heavy atom. The third kappa shape index (κ3) is 2.27. The summed E-state index contributed by atoms with van der Waals surface area (Å²) < 4.78 is 0. The van der Waals surface area contributed by atoms with E-state index in [1.807, 2.05) is 13.0 Å². The van der Waals surface area contributed by atoms with E-state index in [9.17, 15) is 0 Å². The summed E-state index contributed by atoms with van der Waals surface area (Å²) in [6.07, 6.45) is 3.98. The Hall–Kier alpha value is -2.07. The maximum Gasteiger partial charge on any atom is 0.103 e. The van der Waals surface area contributed by atoms with Crippen molar-refractivity contribution in [3.63, 3.8) is 0 Å². The molecule has 4 nitrogen and oxygen atoms in total. The summed E-state index contributed by atoms with van der Waals surface area (Å²) in [7, 11) is 0. The smallest absolute Gasteiger partial charge is 0.103 e. The number of aromatic nitrogens is 3. The van der Waals surface area contributed by atoms with Crippen LogP contribution in [0.3, 0.4) is 0 Å². The summed E-state index contributed by atoms with van der Waals surface area (Å²) in [6, 6.07) is 8.37. The number of benzene rings is 1. The minimum absolute atomic E-state index is 0.518. The Kier molecular flexibility index (Phi) is 3.09. The van der Waals surface area contributed by atoms with E-state index in [0.717, 1.165) is 30.1 Å². The molecule has 0 spiro atoms. The number of fused-ring (bicyclic) bond motifs is 1. The van der Waals surface area contributed by atoms with E-state index in [1.54, 1.807) is 0 Å². The van der Waals surface area contributed by atoms with E-state index in [-0.39, 0.29) is 0 Å². The van der Waals surface area contributed by atoms with Crippen molar-refractivity contribution in [2.45, 2.75) is 26.3 Å². The van der Waals surface area contributed by atoms with Crippen LogP contribution in [0.4, 0.5) is 0 Å². The van der Waals surface area contributed by atoms with Gasteiger partial charge in [0.2, 0.25) is 0 Å². The lowest BCUT2D eigenvalue weighted by Crippen LogP contribution is -2.02. The van der Waals surface area contributed by atoms with Crippen molar-refractivity contribution in [3.8, 4) is 0 Å². The fourth-order valence-corrected chi connectivity index (χ4v) is 2.56. The van der Waals surface area contributed by atoms with Crippen LogP contribution in [0, 0.1) is 6.92 Å². The molecule has 2 heterocycles. The summed E-state index contributed by atoms with van der Waals surface area (Å²) >= 11 is 0. The first-order chi connectivity index (χ1) is 9.28. The van der Waals surface area contributed by atoms with Gasteiger partial charge in [-0.05, 0) is 31.4 Å². The van der Waals surface area contributed by atoms with Gasteiger partial charge in [-0.25, -0.2) is 4.98 Å². The topological polar surface area (TPSA) is 70.5 Å². The predicted molar refractivity (Wildman–Crippen MR) is 76.9 cm³/mol. The lowest BCUT2D eigenvalue weighted by Gasteiger charge is -2.00. The van der Waals surface area contributed by atoms with Gasteiger partial charge >= 0.3 is 0 Å². The van der Waals surface area contributed by atoms with Crippen LogP contribution in [0.2, 0.25) is 0 Å². The molecule has 4 N–H and O–H groups in total. The van der Waals surface area contributed by atoms with Gasteiger partial charge in [-0.2, -0.15) is 0 Å².